The van der Waals surface area contributed by atoms with Crippen LogP contribution in [-0.2, 0) is 4.79 Å². The second-order valence-electron chi connectivity index (χ2n) is 5.49. The van der Waals surface area contributed by atoms with Crippen molar-refractivity contribution in [1.29, 1.82) is 0 Å². The third-order valence-corrected chi connectivity index (χ3v) is 3.70. The highest BCUT2D eigenvalue weighted by molar-refractivity contribution is 5.84. The van der Waals surface area contributed by atoms with Gasteiger partial charge < -0.3 is 9.47 Å². The number of fused-ring (bicyclic) bond motifs is 1. The fraction of sp³-hybridized carbons (Fsp3) is 0.150. The van der Waals surface area contributed by atoms with E-state index in [1.807, 2.05) is 68.4 Å². The van der Waals surface area contributed by atoms with Crippen LogP contribution in [-0.4, -0.2) is 12.6 Å². The maximum Gasteiger partial charge on any atom is 0.349 e. The van der Waals surface area contributed by atoms with Crippen molar-refractivity contribution in [3.8, 4) is 11.5 Å². The van der Waals surface area contributed by atoms with Crippen molar-refractivity contribution in [2.75, 3.05) is 6.61 Å². The largest absolute Gasteiger partial charge is 0.481 e. The number of rotatable bonds is 4. The molecule has 0 spiro atoms. The van der Waals surface area contributed by atoms with Crippen LogP contribution in [0.5, 0.6) is 11.5 Å². The molecule has 0 aromatic heterocycles. The second-order valence-corrected chi connectivity index (χ2v) is 5.49. The monoisotopic (exact) mass is 306 g/mol. The number of esters is 1. The summed E-state index contributed by atoms with van der Waals surface area (Å²) in [5, 5.41) is 2.15. The average Bonchev–Trinajstić information content (AvgIpc) is 2.54. The Morgan fingerprint density at radius 1 is 0.870 bits per heavy atom. The van der Waals surface area contributed by atoms with Crippen molar-refractivity contribution in [3.63, 3.8) is 0 Å². The summed E-state index contributed by atoms with van der Waals surface area (Å²) in [7, 11) is 0. The fourth-order valence-electron chi connectivity index (χ4n) is 2.55. The molecule has 23 heavy (non-hydrogen) atoms. The van der Waals surface area contributed by atoms with Gasteiger partial charge in [0.1, 0.15) is 11.5 Å². The molecule has 0 N–H and O–H groups in total. The van der Waals surface area contributed by atoms with Gasteiger partial charge in [-0.25, -0.2) is 4.79 Å². The van der Waals surface area contributed by atoms with Crippen molar-refractivity contribution >= 4 is 16.7 Å². The number of hydrogen-bond donors (Lipinski definition) is 0. The van der Waals surface area contributed by atoms with Crippen molar-refractivity contribution in [1.82, 2.24) is 0 Å². The average molecular weight is 306 g/mol. The molecule has 3 heteroatoms. The Labute approximate surface area is 135 Å². The van der Waals surface area contributed by atoms with Crippen molar-refractivity contribution < 1.29 is 14.3 Å². The lowest BCUT2D eigenvalue weighted by atomic mass is 10.1. The van der Waals surface area contributed by atoms with Crippen LogP contribution in [0.1, 0.15) is 11.1 Å². The number of ether oxygens (including phenoxy) is 2. The molecule has 0 radical (unpaired) electrons. The first-order valence-corrected chi connectivity index (χ1v) is 7.52. The standard InChI is InChI=1S/C20H18O3/c1-14-6-5-7-15(2)20(14)22-13-19(21)23-18-11-10-16-8-3-4-9-17(16)12-18/h3-12H,13H2,1-2H3. The van der Waals surface area contributed by atoms with Crippen LogP contribution in [0.2, 0.25) is 0 Å². The zero-order chi connectivity index (χ0) is 16.2. The van der Waals surface area contributed by atoms with E-state index in [0.29, 0.717) is 5.75 Å². The minimum atomic E-state index is -0.414. The van der Waals surface area contributed by atoms with Gasteiger partial charge in [0.2, 0.25) is 0 Å². The Morgan fingerprint density at radius 3 is 2.30 bits per heavy atom. The van der Waals surface area contributed by atoms with Gasteiger partial charge in [-0.3, -0.25) is 0 Å². The molecule has 116 valence electrons. The summed E-state index contributed by atoms with van der Waals surface area (Å²) < 4.78 is 11.0. The van der Waals surface area contributed by atoms with Gasteiger partial charge in [0.05, 0.1) is 0 Å². The summed E-state index contributed by atoms with van der Waals surface area (Å²) in [5.74, 6) is 0.852. The molecule has 0 unspecified atom stereocenters. The molecule has 0 aliphatic rings. The molecule has 0 saturated carbocycles. The molecule has 3 rings (SSSR count). The molecular formula is C20H18O3. The van der Waals surface area contributed by atoms with Gasteiger partial charge in [0, 0.05) is 0 Å². The zero-order valence-corrected chi connectivity index (χ0v) is 13.2. The van der Waals surface area contributed by atoms with Crippen molar-refractivity contribution in [3.05, 3.63) is 71.8 Å². The lowest BCUT2D eigenvalue weighted by molar-refractivity contribution is -0.136. The van der Waals surface area contributed by atoms with E-state index in [1.165, 1.54) is 0 Å². The molecule has 0 heterocycles. The molecule has 0 saturated heterocycles. The predicted octanol–water partition coefficient (Wildman–Crippen LogP) is 4.44. The van der Waals surface area contributed by atoms with Crippen LogP contribution in [0.25, 0.3) is 10.8 Å². The summed E-state index contributed by atoms with van der Waals surface area (Å²) in [6.45, 7) is 3.80. The molecule has 0 aliphatic carbocycles. The number of carbonyl (C=O) groups is 1. The van der Waals surface area contributed by atoms with Crippen molar-refractivity contribution in [2.45, 2.75) is 13.8 Å². The van der Waals surface area contributed by atoms with E-state index in [1.54, 1.807) is 6.07 Å². The molecule has 0 fully saturated rings. The Bertz CT molecular complexity index is 832. The Morgan fingerprint density at radius 2 is 1.57 bits per heavy atom. The lowest BCUT2D eigenvalue weighted by Crippen LogP contribution is -2.18. The molecule has 3 aromatic carbocycles. The van der Waals surface area contributed by atoms with Crippen LogP contribution >= 0.6 is 0 Å². The van der Waals surface area contributed by atoms with E-state index in [-0.39, 0.29) is 6.61 Å². The first-order valence-electron chi connectivity index (χ1n) is 7.52. The molecule has 0 aliphatic heterocycles. The number of carbonyl (C=O) groups excluding carboxylic acids is 1. The Balaban J connectivity index is 1.66. The molecule has 3 aromatic rings. The van der Waals surface area contributed by atoms with E-state index < -0.39 is 5.97 Å². The molecule has 0 amide bonds. The predicted molar refractivity (Wildman–Crippen MR) is 91.0 cm³/mol. The van der Waals surface area contributed by atoms with Gasteiger partial charge in [-0.05, 0) is 47.9 Å². The van der Waals surface area contributed by atoms with E-state index in [2.05, 4.69) is 0 Å². The summed E-state index contributed by atoms with van der Waals surface area (Å²) in [5.41, 5.74) is 2.01. The van der Waals surface area contributed by atoms with Crippen molar-refractivity contribution in [2.24, 2.45) is 0 Å². The quantitative estimate of drug-likeness (QED) is 0.528. The molecule has 0 bridgehead atoms. The number of benzene rings is 3. The second kappa shape index (κ2) is 6.53. The highest BCUT2D eigenvalue weighted by Gasteiger charge is 2.09. The lowest BCUT2D eigenvalue weighted by Gasteiger charge is -2.11. The third-order valence-electron chi connectivity index (χ3n) is 3.70. The smallest absolute Gasteiger partial charge is 0.349 e. The number of hydrogen-bond acceptors (Lipinski definition) is 3. The van der Waals surface area contributed by atoms with E-state index in [0.717, 1.165) is 27.6 Å². The highest BCUT2D eigenvalue weighted by atomic mass is 16.6. The van der Waals surface area contributed by atoms with Gasteiger partial charge >= 0.3 is 5.97 Å². The van der Waals surface area contributed by atoms with Gasteiger partial charge in [0.15, 0.2) is 6.61 Å². The summed E-state index contributed by atoms with van der Waals surface area (Å²) in [4.78, 5) is 12.0. The highest BCUT2D eigenvalue weighted by Crippen LogP contribution is 2.23. The van der Waals surface area contributed by atoms with Gasteiger partial charge in [-0.1, -0.05) is 48.5 Å². The first kappa shape index (κ1) is 15.1. The number of para-hydroxylation sites is 1. The minimum absolute atomic E-state index is 0.113. The summed E-state index contributed by atoms with van der Waals surface area (Å²) in [6, 6.07) is 19.4. The summed E-state index contributed by atoms with van der Waals surface area (Å²) in [6.07, 6.45) is 0. The van der Waals surface area contributed by atoms with E-state index in [9.17, 15) is 4.79 Å². The first-order chi connectivity index (χ1) is 11.1. The minimum Gasteiger partial charge on any atom is -0.481 e. The molecule has 0 atom stereocenters. The zero-order valence-electron chi connectivity index (χ0n) is 13.2. The fourth-order valence-corrected chi connectivity index (χ4v) is 2.55. The van der Waals surface area contributed by atoms with Gasteiger partial charge in [-0.2, -0.15) is 0 Å². The maximum absolute atomic E-state index is 12.0. The topological polar surface area (TPSA) is 35.5 Å². The van der Waals surface area contributed by atoms with E-state index >= 15 is 0 Å². The number of aryl methyl sites for hydroxylation is 2. The third kappa shape index (κ3) is 3.51. The van der Waals surface area contributed by atoms with Crippen LogP contribution in [0.15, 0.2) is 60.7 Å². The van der Waals surface area contributed by atoms with Gasteiger partial charge in [0.25, 0.3) is 0 Å². The van der Waals surface area contributed by atoms with Gasteiger partial charge in [-0.15, -0.1) is 0 Å². The maximum atomic E-state index is 12.0. The molecule has 3 nitrogen and oxygen atoms in total. The Hall–Kier alpha value is -2.81. The SMILES string of the molecule is Cc1cccc(C)c1OCC(=O)Oc1ccc2ccccc2c1. The van der Waals surface area contributed by atoms with Crippen LogP contribution in [0.4, 0.5) is 0 Å². The normalized spacial score (nSPS) is 10.5. The van der Waals surface area contributed by atoms with Crippen LogP contribution < -0.4 is 9.47 Å². The molecular weight excluding hydrogens is 288 g/mol. The van der Waals surface area contributed by atoms with Crippen LogP contribution in [0, 0.1) is 13.8 Å². The Kier molecular flexibility index (Phi) is 4.29. The summed E-state index contributed by atoms with van der Waals surface area (Å²) >= 11 is 0. The van der Waals surface area contributed by atoms with Crippen LogP contribution in [0.3, 0.4) is 0 Å². The van der Waals surface area contributed by atoms with E-state index in [4.69, 9.17) is 9.47 Å².